The quantitative estimate of drug-likeness (QED) is 0.883. The Morgan fingerprint density at radius 2 is 1.84 bits per heavy atom. The van der Waals surface area contributed by atoms with Gasteiger partial charge in [-0.1, -0.05) is 0 Å². The van der Waals surface area contributed by atoms with E-state index in [1.807, 2.05) is 0 Å². The van der Waals surface area contributed by atoms with Gasteiger partial charge in [-0.2, -0.15) is 0 Å². The number of primary amides is 1. The molecule has 19 heavy (non-hydrogen) atoms. The van der Waals surface area contributed by atoms with Crippen LogP contribution in [0.2, 0.25) is 0 Å². The summed E-state index contributed by atoms with van der Waals surface area (Å²) in [4.78, 5) is 11.4. The third-order valence-corrected chi connectivity index (χ3v) is 3.99. The van der Waals surface area contributed by atoms with Crippen molar-refractivity contribution in [1.82, 2.24) is 0 Å². The second-order valence-corrected chi connectivity index (χ2v) is 5.14. The molecule has 1 aliphatic rings. The number of halogens is 2. The second-order valence-electron chi connectivity index (χ2n) is 5.14. The lowest BCUT2D eigenvalue weighted by atomic mass is 9.77. The fourth-order valence-electron chi connectivity index (χ4n) is 2.87. The van der Waals surface area contributed by atoms with Crippen LogP contribution in [0, 0.1) is 17.6 Å². The highest BCUT2D eigenvalue weighted by Gasteiger charge is 2.28. The van der Waals surface area contributed by atoms with E-state index < -0.39 is 17.5 Å². The van der Waals surface area contributed by atoms with Crippen molar-refractivity contribution in [2.24, 2.45) is 17.4 Å². The standard InChI is InChI=1S/C14H18F2N2O/c15-11-6-5-10(14(18)19)12(13(11)16)9-3-1-8(7-17)2-4-9/h5-6,8-9H,1-4,7,17H2,(H2,18,19). The van der Waals surface area contributed by atoms with Crippen molar-refractivity contribution >= 4 is 5.91 Å². The van der Waals surface area contributed by atoms with Crippen LogP contribution < -0.4 is 11.5 Å². The Hall–Kier alpha value is -1.49. The highest BCUT2D eigenvalue weighted by atomic mass is 19.2. The molecule has 0 spiro atoms. The van der Waals surface area contributed by atoms with E-state index >= 15 is 0 Å². The summed E-state index contributed by atoms with van der Waals surface area (Å²) >= 11 is 0. The fraction of sp³-hybridized carbons (Fsp3) is 0.500. The van der Waals surface area contributed by atoms with Gasteiger partial charge in [0.05, 0.1) is 0 Å². The van der Waals surface area contributed by atoms with E-state index in [2.05, 4.69) is 0 Å². The van der Waals surface area contributed by atoms with Crippen LogP contribution in [0.1, 0.15) is 47.5 Å². The van der Waals surface area contributed by atoms with Crippen LogP contribution in [-0.2, 0) is 0 Å². The van der Waals surface area contributed by atoms with E-state index in [0.29, 0.717) is 25.3 Å². The highest BCUT2D eigenvalue weighted by molar-refractivity contribution is 5.94. The molecule has 2 rings (SSSR count). The summed E-state index contributed by atoms with van der Waals surface area (Å²) in [6.07, 6.45) is 3.16. The Morgan fingerprint density at radius 1 is 1.21 bits per heavy atom. The number of carbonyl (C=O) groups is 1. The summed E-state index contributed by atoms with van der Waals surface area (Å²) in [7, 11) is 0. The fourth-order valence-corrected chi connectivity index (χ4v) is 2.87. The molecule has 0 heterocycles. The summed E-state index contributed by atoms with van der Waals surface area (Å²) in [6, 6.07) is 2.22. The van der Waals surface area contributed by atoms with Crippen LogP contribution in [0.15, 0.2) is 12.1 Å². The van der Waals surface area contributed by atoms with Gasteiger partial charge in [0.15, 0.2) is 11.6 Å². The van der Waals surface area contributed by atoms with Crippen LogP contribution in [-0.4, -0.2) is 12.5 Å². The van der Waals surface area contributed by atoms with Crippen LogP contribution in [0.25, 0.3) is 0 Å². The molecule has 4 N–H and O–H groups in total. The Kier molecular flexibility index (Phi) is 4.14. The zero-order chi connectivity index (χ0) is 14.0. The van der Waals surface area contributed by atoms with Crippen LogP contribution >= 0.6 is 0 Å². The second kappa shape index (κ2) is 5.65. The molecule has 0 radical (unpaired) electrons. The SMILES string of the molecule is NCC1CCC(c2c(C(N)=O)ccc(F)c2F)CC1. The van der Waals surface area contributed by atoms with Gasteiger partial charge in [-0.15, -0.1) is 0 Å². The zero-order valence-corrected chi connectivity index (χ0v) is 10.7. The number of carbonyl (C=O) groups excluding carboxylic acids is 1. The highest BCUT2D eigenvalue weighted by Crippen LogP contribution is 2.38. The average Bonchev–Trinajstić information content (AvgIpc) is 2.41. The molecule has 1 amide bonds. The van der Waals surface area contributed by atoms with Crippen molar-refractivity contribution in [2.75, 3.05) is 6.54 Å². The van der Waals surface area contributed by atoms with E-state index in [9.17, 15) is 13.6 Å². The van der Waals surface area contributed by atoms with E-state index in [0.717, 1.165) is 18.9 Å². The molecule has 1 fully saturated rings. The predicted octanol–water partition coefficient (Wildman–Crippen LogP) is 2.30. The van der Waals surface area contributed by atoms with Gasteiger partial charge in [-0.25, -0.2) is 8.78 Å². The third-order valence-electron chi connectivity index (χ3n) is 3.99. The molecular weight excluding hydrogens is 250 g/mol. The summed E-state index contributed by atoms with van der Waals surface area (Å²) < 4.78 is 27.4. The summed E-state index contributed by atoms with van der Waals surface area (Å²) in [5.41, 5.74) is 11.1. The molecule has 0 aliphatic heterocycles. The molecular formula is C14H18F2N2O. The topological polar surface area (TPSA) is 69.1 Å². The lowest BCUT2D eigenvalue weighted by Crippen LogP contribution is -2.23. The van der Waals surface area contributed by atoms with Gasteiger partial charge in [-0.05, 0) is 56.2 Å². The molecule has 104 valence electrons. The molecule has 0 unspecified atom stereocenters. The Balaban J connectivity index is 2.33. The number of nitrogens with two attached hydrogens (primary N) is 2. The van der Waals surface area contributed by atoms with Crippen LogP contribution in [0.4, 0.5) is 8.78 Å². The number of rotatable bonds is 3. The zero-order valence-electron chi connectivity index (χ0n) is 10.7. The average molecular weight is 268 g/mol. The first kappa shape index (κ1) is 13.9. The van der Waals surface area contributed by atoms with Crippen molar-refractivity contribution in [1.29, 1.82) is 0 Å². The molecule has 0 atom stereocenters. The first-order valence-corrected chi connectivity index (χ1v) is 6.52. The van der Waals surface area contributed by atoms with Crippen molar-refractivity contribution in [3.63, 3.8) is 0 Å². The minimum atomic E-state index is -0.938. The van der Waals surface area contributed by atoms with Gasteiger partial charge in [0.2, 0.25) is 5.91 Å². The molecule has 0 saturated heterocycles. The van der Waals surface area contributed by atoms with Crippen LogP contribution in [0.5, 0.6) is 0 Å². The molecule has 3 nitrogen and oxygen atoms in total. The molecule has 0 bridgehead atoms. The van der Waals surface area contributed by atoms with E-state index in [1.165, 1.54) is 6.07 Å². The Labute approximate surface area is 111 Å². The minimum absolute atomic E-state index is 0.0927. The maximum Gasteiger partial charge on any atom is 0.249 e. The smallest absolute Gasteiger partial charge is 0.249 e. The first-order valence-electron chi connectivity index (χ1n) is 6.52. The van der Waals surface area contributed by atoms with Gasteiger partial charge in [0.25, 0.3) is 0 Å². The number of hydrogen-bond donors (Lipinski definition) is 2. The van der Waals surface area contributed by atoms with E-state index in [4.69, 9.17) is 11.5 Å². The minimum Gasteiger partial charge on any atom is -0.366 e. The van der Waals surface area contributed by atoms with Crippen molar-refractivity contribution in [3.05, 3.63) is 34.9 Å². The van der Waals surface area contributed by atoms with Crippen molar-refractivity contribution in [3.8, 4) is 0 Å². The van der Waals surface area contributed by atoms with Gasteiger partial charge < -0.3 is 11.5 Å². The largest absolute Gasteiger partial charge is 0.366 e. The van der Waals surface area contributed by atoms with Crippen molar-refractivity contribution in [2.45, 2.75) is 31.6 Å². The molecule has 1 aromatic rings. The van der Waals surface area contributed by atoms with Gasteiger partial charge in [-0.3, -0.25) is 4.79 Å². The third kappa shape index (κ3) is 2.76. The Bertz CT molecular complexity index is 483. The van der Waals surface area contributed by atoms with E-state index in [1.54, 1.807) is 0 Å². The van der Waals surface area contributed by atoms with Gasteiger partial charge >= 0.3 is 0 Å². The normalized spacial score (nSPS) is 23.3. The monoisotopic (exact) mass is 268 g/mol. The molecule has 1 saturated carbocycles. The maximum absolute atomic E-state index is 14.0. The summed E-state index contributed by atoms with van der Waals surface area (Å²) in [5.74, 6) is -2.30. The molecule has 1 aliphatic carbocycles. The lowest BCUT2D eigenvalue weighted by Gasteiger charge is -2.29. The van der Waals surface area contributed by atoms with Crippen LogP contribution in [0.3, 0.4) is 0 Å². The summed E-state index contributed by atoms with van der Waals surface area (Å²) in [6.45, 7) is 0.612. The van der Waals surface area contributed by atoms with E-state index in [-0.39, 0.29) is 17.0 Å². The number of hydrogen-bond acceptors (Lipinski definition) is 2. The predicted molar refractivity (Wildman–Crippen MR) is 68.6 cm³/mol. The van der Waals surface area contributed by atoms with Gasteiger partial charge in [0.1, 0.15) is 0 Å². The van der Waals surface area contributed by atoms with Gasteiger partial charge in [0, 0.05) is 11.1 Å². The molecule has 0 aromatic heterocycles. The maximum atomic E-state index is 14.0. The number of amides is 1. The lowest BCUT2D eigenvalue weighted by molar-refractivity contribution is 0.0997. The summed E-state index contributed by atoms with van der Waals surface area (Å²) in [5, 5.41) is 0. The number of benzene rings is 1. The molecule has 1 aromatic carbocycles. The first-order chi connectivity index (χ1) is 9.04. The molecule has 5 heteroatoms. The Morgan fingerprint density at radius 3 is 2.37 bits per heavy atom. The van der Waals surface area contributed by atoms with Crippen molar-refractivity contribution < 1.29 is 13.6 Å².